The summed E-state index contributed by atoms with van der Waals surface area (Å²) in [4.78, 5) is 14.5. The van der Waals surface area contributed by atoms with E-state index >= 15 is 0 Å². The third-order valence-corrected chi connectivity index (χ3v) is 5.06. The van der Waals surface area contributed by atoms with Gasteiger partial charge < -0.3 is 5.32 Å². The topological polar surface area (TPSA) is 32.3 Å². The molecule has 1 aliphatic carbocycles. The number of rotatable bonds is 4. The van der Waals surface area contributed by atoms with Crippen molar-refractivity contribution in [2.24, 2.45) is 0 Å². The number of thiophene rings is 1. The summed E-state index contributed by atoms with van der Waals surface area (Å²) in [7, 11) is 0. The number of likely N-dealkylation sites (tertiary alicyclic amines) is 1. The second kappa shape index (κ2) is 6.06. The van der Waals surface area contributed by atoms with Crippen LogP contribution in [0.15, 0.2) is 16.8 Å². The molecular weight excluding hydrogens is 256 g/mol. The van der Waals surface area contributed by atoms with Crippen LogP contribution in [0.25, 0.3) is 0 Å². The number of carbonyl (C=O) groups excluding carboxylic acids is 1. The first-order valence-corrected chi connectivity index (χ1v) is 8.33. The molecule has 1 aliphatic heterocycles. The molecule has 0 spiro atoms. The Labute approximate surface area is 119 Å². The van der Waals surface area contributed by atoms with E-state index < -0.39 is 0 Å². The van der Waals surface area contributed by atoms with Crippen LogP contribution in [0.3, 0.4) is 0 Å². The van der Waals surface area contributed by atoms with Crippen molar-refractivity contribution in [2.45, 2.75) is 50.6 Å². The van der Waals surface area contributed by atoms with E-state index in [1.165, 1.54) is 44.1 Å². The maximum Gasteiger partial charge on any atom is 0.234 e. The Morgan fingerprint density at radius 1 is 1.32 bits per heavy atom. The van der Waals surface area contributed by atoms with Gasteiger partial charge in [0.15, 0.2) is 0 Å². The Hall–Kier alpha value is -0.870. The number of amides is 1. The van der Waals surface area contributed by atoms with Crippen molar-refractivity contribution in [3.05, 3.63) is 22.4 Å². The van der Waals surface area contributed by atoms with E-state index in [9.17, 15) is 4.79 Å². The van der Waals surface area contributed by atoms with Gasteiger partial charge in [0.2, 0.25) is 5.91 Å². The minimum absolute atomic E-state index is 0.217. The zero-order chi connectivity index (χ0) is 13.1. The van der Waals surface area contributed by atoms with Crippen LogP contribution in [-0.4, -0.2) is 29.9 Å². The van der Waals surface area contributed by atoms with Gasteiger partial charge in [-0.15, -0.1) is 0 Å². The molecule has 104 valence electrons. The van der Waals surface area contributed by atoms with Gasteiger partial charge in [-0.1, -0.05) is 12.8 Å². The predicted molar refractivity (Wildman–Crippen MR) is 78.3 cm³/mol. The van der Waals surface area contributed by atoms with Crippen LogP contribution in [0, 0.1) is 0 Å². The van der Waals surface area contributed by atoms with Crippen molar-refractivity contribution < 1.29 is 4.79 Å². The number of nitrogens with one attached hydrogen (secondary N) is 1. The number of carbonyl (C=O) groups is 1. The zero-order valence-corrected chi connectivity index (χ0v) is 12.1. The van der Waals surface area contributed by atoms with Crippen LogP contribution in [0.2, 0.25) is 0 Å². The molecule has 3 rings (SSSR count). The molecule has 1 saturated carbocycles. The molecule has 1 atom stereocenters. The Bertz CT molecular complexity index is 412. The van der Waals surface area contributed by atoms with Gasteiger partial charge in [-0.2, -0.15) is 11.3 Å². The van der Waals surface area contributed by atoms with Crippen LogP contribution in [-0.2, 0) is 4.79 Å². The van der Waals surface area contributed by atoms with Gasteiger partial charge >= 0.3 is 0 Å². The van der Waals surface area contributed by atoms with Gasteiger partial charge in [0.05, 0.1) is 6.54 Å². The summed E-state index contributed by atoms with van der Waals surface area (Å²) in [5.41, 5.74) is 1.39. The minimum Gasteiger partial charge on any atom is -0.352 e. The smallest absolute Gasteiger partial charge is 0.234 e. The minimum atomic E-state index is 0.217. The lowest BCUT2D eigenvalue weighted by molar-refractivity contribution is -0.123. The Kier molecular flexibility index (Phi) is 4.18. The lowest BCUT2D eigenvalue weighted by Gasteiger charge is -2.24. The summed E-state index contributed by atoms with van der Waals surface area (Å²) in [6, 6.07) is 3.10. The van der Waals surface area contributed by atoms with Gasteiger partial charge in [-0.3, -0.25) is 9.69 Å². The molecule has 1 N–H and O–H groups in total. The van der Waals surface area contributed by atoms with Crippen molar-refractivity contribution in [2.75, 3.05) is 13.1 Å². The highest BCUT2D eigenvalue weighted by atomic mass is 32.1. The molecule has 2 aliphatic rings. The highest BCUT2D eigenvalue weighted by molar-refractivity contribution is 7.07. The van der Waals surface area contributed by atoms with Gasteiger partial charge in [0.25, 0.3) is 0 Å². The molecule has 3 nitrogen and oxygen atoms in total. The average Bonchev–Trinajstić information content (AvgIpc) is 3.09. The largest absolute Gasteiger partial charge is 0.352 e. The molecule has 0 bridgehead atoms. The second-order valence-corrected chi connectivity index (χ2v) is 6.51. The maximum atomic E-state index is 12.1. The summed E-state index contributed by atoms with van der Waals surface area (Å²) < 4.78 is 0. The van der Waals surface area contributed by atoms with E-state index in [1.807, 2.05) is 0 Å². The molecular formula is C15H22N2OS. The lowest BCUT2D eigenvalue weighted by Crippen LogP contribution is -2.40. The van der Waals surface area contributed by atoms with E-state index in [4.69, 9.17) is 0 Å². The van der Waals surface area contributed by atoms with Crippen molar-refractivity contribution in [3.63, 3.8) is 0 Å². The van der Waals surface area contributed by atoms with E-state index in [1.54, 1.807) is 11.3 Å². The number of hydrogen-bond donors (Lipinski definition) is 1. The quantitative estimate of drug-likeness (QED) is 0.918. The first kappa shape index (κ1) is 13.1. The molecule has 1 amide bonds. The van der Waals surface area contributed by atoms with Crippen LogP contribution in [0.5, 0.6) is 0 Å². The van der Waals surface area contributed by atoms with Gasteiger partial charge in [0.1, 0.15) is 0 Å². The van der Waals surface area contributed by atoms with Crippen molar-refractivity contribution in [3.8, 4) is 0 Å². The van der Waals surface area contributed by atoms with Crippen LogP contribution in [0.4, 0.5) is 0 Å². The molecule has 1 saturated heterocycles. The fourth-order valence-corrected chi connectivity index (χ4v) is 4.09. The fourth-order valence-electron chi connectivity index (χ4n) is 3.39. The molecule has 1 aromatic heterocycles. The van der Waals surface area contributed by atoms with Crippen molar-refractivity contribution in [1.82, 2.24) is 10.2 Å². The summed E-state index contributed by atoms with van der Waals surface area (Å²) in [5, 5.41) is 7.54. The van der Waals surface area contributed by atoms with Gasteiger partial charge in [-0.25, -0.2) is 0 Å². The fraction of sp³-hybridized carbons (Fsp3) is 0.667. The lowest BCUT2D eigenvalue weighted by atomic mass is 10.1. The van der Waals surface area contributed by atoms with E-state index in [0.717, 1.165) is 6.54 Å². The van der Waals surface area contributed by atoms with Crippen molar-refractivity contribution in [1.29, 1.82) is 0 Å². The normalized spacial score (nSPS) is 24.9. The van der Waals surface area contributed by atoms with E-state index in [0.29, 0.717) is 18.6 Å². The first-order chi connectivity index (χ1) is 9.33. The first-order valence-electron chi connectivity index (χ1n) is 7.38. The van der Waals surface area contributed by atoms with E-state index in [2.05, 4.69) is 27.0 Å². The number of hydrogen-bond acceptors (Lipinski definition) is 3. The Morgan fingerprint density at radius 3 is 2.89 bits per heavy atom. The summed E-state index contributed by atoms with van der Waals surface area (Å²) in [5.74, 6) is 0.217. The standard InChI is InChI=1S/C15H22N2OS/c18-15(16-13-4-1-2-5-13)10-17-8-3-6-14(17)12-7-9-19-11-12/h7,9,11,13-14H,1-6,8,10H2,(H,16,18)/t14-/m0/s1. The van der Waals surface area contributed by atoms with Crippen LogP contribution in [0.1, 0.15) is 50.1 Å². The molecule has 0 unspecified atom stereocenters. The number of nitrogens with zero attached hydrogens (tertiary/aromatic N) is 1. The predicted octanol–water partition coefficient (Wildman–Crippen LogP) is 2.94. The third kappa shape index (κ3) is 3.18. The Balaban J connectivity index is 1.54. The molecule has 19 heavy (non-hydrogen) atoms. The highest BCUT2D eigenvalue weighted by Crippen LogP contribution is 2.32. The molecule has 2 fully saturated rings. The third-order valence-electron chi connectivity index (χ3n) is 4.36. The summed E-state index contributed by atoms with van der Waals surface area (Å²) in [6.07, 6.45) is 7.27. The maximum absolute atomic E-state index is 12.1. The zero-order valence-electron chi connectivity index (χ0n) is 11.3. The molecule has 1 aromatic rings. The second-order valence-electron chi connectivity index (χ2n) is 5.73. The molecule has 0 aromatic carbocycles. The molecule has 4 heteroatoms. The van der Waals surface area contributed by atoms with E-state index in [-0.39, 0.29) is 5.91 Å². The van der Waals surface area contributed by atoms with Crippen molar-refractivity contribution >= 4 is 17.2 Å². The van der Waals surface area contributed by atoms with Crippen LogP contribution < -0.4 is 5.32 Å². The Morgan fingerprint density at radius 2 is 2.16 bits per heavy atom. The monoisotopic (exact) mass is 278 g/mol. The summed E-state index contributed by atoms with van der Waals surface area (Å²) >= 11 is 1.75. The average molecular weight is 278 g/mol. The SMILES string of the molecule is O=C(CN1CCC[C@H]1c1ccsc1)NC1CCCC1. The highest BCUT2D eigenvalue weighted by Gasteiger charge is 2.28. The molecule has 2 heterocycles. The van der Waals surface area contributed by atoms with Crippen LogP contribution >= 0.6 is 11.3 Å². The van der Waals surface area contributed by atoms with Gasteiger partial charge in [-0.05, 0) is 54.6 Å². The molecule has 0 radical (unpaired) electrons. The summed E-state index contributed by atoms with van der Waals surface area (Å²) in [6.45, 7) is 1.62. The van der Waals surface area contributed by atoms with Gasteiger partial charge in [0, 0.05) is 12.1 Å².